The van der Waals surface area contributed by atoms with Crippen LogP contribution in [0.25, 0.3) is 6.08 Å². The Bertz CT molecular complexity index is 548. The lowest BCUT2D eigenvalue weighted by atomic mass is 9.85. The zero-order valence-electron chi connectivity index (χ0n) is 10.7. The number of nitrogens with zero attached hydrogens (tertiary/aromatic N) is 1. The van der Waals surface area contributed by atoms with Gasteiger partial charge >= 0.3 is 0 Å². The lowest BCUT2D eigenvalue weighted by Gasteiger charge is -2.20. The molecule has 0 fully saturated rings. The highest BCUT2D eigenvalue weighted by atomic mass is 32.1. The molecule has 1 aromatic carbocycles. The number of nitriles is 1. The molecule has 0 atom stereocenters. The third-order valence-corrected chi connectivity index (χ3v) is 2.75. The normalized spacial score (nSPS) is 12.0. The van der Waals surface area contributed by atoms with Gasteiger partial charge in [0, 0.05) is 0 Å². The minimum absolute atomic E-state index is 0.0721. The van der Waals surface area contributed by atoms with E-state index in [1.165, 1.54) is 0 Å². The van der Waals surface area contributed by atoms with E-state index >= 15 is 0 Å². The molecule has 1 rings (SSSR count). The van der Waals surface area contributed by atoms with Crippen molar-refractivity contribution >= 4 is 23.3 Å². The van der Waals surface area contributed by atoms with Gasteiger partial charge in [-0.3, -0.25) is 0 Å². The van der Waals surface area contributed by atoms with Crippen LogP contribution in [0.1, 0.15) is 31.9 Å². The van der Waals surface area contributed by atoms with Gasteiger partial charge in [-0.2, -0.15) is 5.26 Å². The molecule has 0 amide bonds. The van der Waals surface area contributed by atoms with Crippen molar-refractivity contribution in [3.63, 3.8) is 0 Å². The van der Waals surface area contributed by atoms with E-state index in [9.17, 15) is 5.11 Å². The van der Waals surface area contributed by atoms with Crippen LogP contribution in [-0.4, -0.2) is 10.1 Å². The molecule has 0 unspecified atom stereocenters. The second kappa shape index (κ2) is 5.19. The number of phenolic OH excluding ortho intramolecular Hbond substituents is 1. The highest BCUT2D eigenvalue weighted by Gasteiger charge is 2.18. The van der Waals surface area contributed by atoms with Crippen molar-refractivity contribution in [3.8, 4) is 11.8 Å². The Labute approximate surface area is 113 Å². The van der Waals surface area contributed by atoms with Crippen molar-refractivity contribution in [2.24, 2.45) is 5.73 Å². The number of benzene rings is 1. The first-order valence-electron chi connectivity index (χ1n) is 5.51. The first kappa shape index (κ1) is 14.2. The van der Waals surface area contributed by atoms with Crippen molar-refractivity contribution in [1.29, 1.82) is 5.26 Å². The van der Waals surface area contributed by atoms with E-state index < -0.39 is 0 Å². The van der Waals surface area contributed by atoms with Crippen LogP contribution in [0.15, 0.2) is 23.8 Å². The molecule has 0 aromatic heterocycles. The van der Waals surface area contributed by atoms with Gasteiger partial charge in [-0.1, -0.05) is 39.1 Å². The van der Waals surface area contributed by atoms with Crippen molar-refractivity contribution in [2.45, 2.75) is 26.2 Å². The summed E-state index contributed by atoms with van der Waals surface area (Å²) in [7, 11) is 0. The van der Waals surface area contributed by atoms with Gasteiger partial charge in [0.25, 0.3) is 0 Å². The molecular weight excluding hydrogens is 244 g/mol. The maximum Gasteiger partial charge on any atom is 0.119 e. The van der Waals surface area contributed by atoms with Gasteiger partial charge in [-0.05, 0) is 34.8 Å². The minimum atomic E-state index is -0.177. The Morgan fingerprint density at radius 3 is 2.50 bits per heavy atom. The molecule has 0 aliphatic heterocycles. The van der Waals surface area contributed by atoms with E-state index in [1.54, 1.807) is 18.2 Å². The third-order valence-electron chi connectivity index (χ3n) is 2.53. The van der Waals surface area contributed by atoms with Crippen LogP contribution in [0.3, 0.4) is 0 Å². The van der Waals surface area contributed by atoms with E-state index in [4.69, 9.17) is 23.2 Å². The van der Waals surface area contributed by atoms with E-state index in [-0.39, 0.29) is 21.7 Å². The predicted octanol–water partition coefficient (Wildman–Crippen LogP) is 2.88. The Kier molecular flexibility index (Phi) is 4.10. The Hall–Kier alpha value is -1.86. The molecule has 4 heteroatoms. The third kappa shape index (κ3) is 3.31. The molecule has 0 spiro atoms. The van der Waals surface area contributed by atoms with Crippen LogP contribution in [0.2, 0.25) is 0 Å². The zero-order chi connectivity index (χ0) is 13.9. The molecule has 3 N–H and O–H groups in total. The average molecular weight is 260 g/mol. The Morgan fingerprint density at radius 2 is 2.06 bits per heavy atom. The second-order valence-electron chi connectivity index (χ2n) is 5.06. The fraction of sp³-hybridized carbons (Fsp3) is 0.286. The number of hydrogen-bond acceptors (Lipinski definition) is 3. The highest BCUT2D eigenvalue weighted by molar-refractivity contribution is 7.80. The van der Waals surface area contributed by atoms with Crippen molar-refractivity contribution in [2.75, 3.05) is 0 Å². The molecule has 0 saturated carbocycles. The quantitative estimate of drug-likeness (QED) is 0.487. The summed E-state index contributed by atoms with van der Waals surface area (Å²) < 4.78 is 0. The fourth-order valence-corrected chi connectivity index (χ4v) is 1.67. The van der Waals surface area contributed by atoms with Gasteiger partial charge in [0.1, 0.15) is 16.8 Å². The summed E-state index contributed by atoms with van der Waals surface area (Å²) in [6, 6.07) is 7.13. The maximum atomic E-state index is 9.83. The first-order valence-corrected chi connectivity index (χ1v) is 5.91. The van der Waals surface area contributed by atoms with Crippen LogP contribution in [0, 0.1) is 11.3 Å². The van der Waals surface area contributed by atoms with Gasteiger partial charge in [-0.25, -0.2) is 0 Å². The summed E-state index contributed by atoms with van der Waals surface area (Å²) >= 11 is 4.78. The number of thiocarbonyl (C=S) groups is 1. The Balaban J connectivity index is 3.31. The SMILES string of the molecule is CC(C)(C)c1cc(/C=C(\C#N)C(N)=S)ccc1O. The second-order valence-corrected chi connectivity index (χ2v) is 5.50. The molecular formula is C14H16N2OS. The summed E-state index contributed by atoms with van der Waals surface area (Å²) in [5, 5.41) is 18.7. The topological polar surface area (TPSA) is 70.0 Å². The van der Waals surface area contributed by atoms with Crippen LogP contribution in [0.5, 0.6) is 5.75 Å². The predicted molar refractivity (Wildman–Crippen MR) is 77.2 cm³/mol. The molecule has 0 bridgehead atoms. The van der Waals surface area contributed by atoms with Crippen LogP contribution >= 0.6 is 12.2 Å². The Morgan fingerprint density at radius 1 is 1.44 bits per heavy atom. The van der Waals surface area contributed by atoms with Crippen molar-refractivity contribution in [3.05, 3.63) is 34.9 Å². The van der Waals surface area contributed by atoms with Crippen molar-refractivity contribution in [1.82, 2.24) is 0 Å². The maximum absolute atomic E-state index is 9.83. The van der Waals surface area contributed by atoms with E-state index in [0.717, 1.165) is 11.1 Å². The first-order chi connectivity index (χ1) is 8.25. The zero-order valence-corrected chi connectivity index (χ0v) is 11.5. The fourth-order valence-electron chi connectivity index (χ4n) is 1.57. The molecule has 0 heterocycles. The van der Waals surface area contributed by atoms with E-state index in [0.29, 0.717) is 0 Å². The van der Waals surface area contributed by atoms with Gasteiger partial charge in [0.05, 0.1) is 5.57 Å². The summed E-state index contributed by atoms with van der Waals surface area (Å²) in [5.41, 5.74) is 7.13. The summed E-state index contributed by atoms with van der Waals surface area (Å²) in [5.74, 6) is 0.244. The summed E-state index contributed by atoms with van der Waals surface area (Å²) in [4.78, 5) is 0.0721. The standard InChI is InChI=1S/C14H16N2OS/c1-14(2,3)11-7-9(4-5-12(11)17)6-10(8-15)13(16)18/h4-7,17H,1-3H3,(H2,16,18)/b10-6+. The summed E-state index contributed by atoms with van der Waals surface area (Å²) in [6.45, 7) is 6.02. The highest BCUT2D eigenvalue weighted by Crippen LogP contribution is 2.31. The molecule has 1 aromatic rings. The van der Waals surface area contributed by atoms with Crippen LogP contribution < -0.4 is 5.73 Å². The van der Waals surface area contributed by atoms with Crippen molar-refractivity contribution < 1.29 is 5.11 Å². The van der Waals surface area contributed by atoms with Gasteiger partial charge in [0.2, 0.25) is 0 Å². The lowest BCUT2D eigenvalue weighted by molar-refractivity contribution is 0.446. The minimum Gasteiger partial charge on any atom is -0.508 e. The monoisotopic (exact) mass is 260 g/mol. The van der Waals surface area contributed by atoms with Crippen LogP contribution in [0.4, 0.5) is 0 Å². The molecule has 0 saturated heterocycles. The van der Waals surface area contributed by atoms with E-state index in [1.807, 2.05) is 32.9 Å². The number of aromatic hydroxyl groups is 1. The number of rotatable bonds is 2. The molecule has 0 radical (unpaired) electrons. The molecule has 0 aliphatic rings. The molecule has 0 aliphatic carbocycles. The lowest BCUT2D eigenvalue weighted by Crippen LogP contribution is -2.12. The average Bonchev–Trinajstić information content (AvgIpc) is 2.25. The van der Waals surface area contributed by atoms with Gasteiger partial charge in [-0.15, -0.1) is 0 Å². The smallest absolute Gasteiger partial charge is 0.119 e. The number of hydrogen-bond donors (Lipinski definition) is 2. The molecule has 18 heavy (non-hydrogen) atoms. The van der Waals surface area contributed by atoms with Crippen LogP contribution in [-0.2, 0) is 5.41 Å². The largest absolute Gasteiger partial charge is 0.508 e. The summed E-state index contributed by atoms with van der Waals surface area (Å²) in [6.07, 6.45) is 1.62. The number of phenols is 1. The molecule has 94 valence electrons. The number of nitrogens with two attached hydrogens (primary N) is 1. The van der Waals surface area contributed by atoms with Gasteiger partial charge in [0.15, 0.2) is 0 Å². The van der Waals surface area contributed by atoms with E-state index in [2.05, 4.69) is 0 Å². The molecule has 3 nitrogen and oxygen atoms in total. The van der Waals surface area contributed by atoms with Gasteiger partial charge < -0.3 is 10.8 Å².